The number of fused-ring (bicyclic) bond motifs is 1. The minimum Gasteiger partial charge on any atom is -0.378 e. The summed E-state index contributed by atoms with van der Waals surface area (Å²) in [6.07, 6.45) is 3.60. The molecule has 0 saturated carbocycles. The largest absolute Gasteiger partial charge is 0.378 e. The van der Waals surface area contributed by atoms with Crippen LogP contribution in [0.5, 0.6) is 0 Å². The summed E-state index contributed by atoms with van der Waals surface area (Å²) in [5.41, 5.74) is 1.98. The number of nitriles is 1. The van der Waals surface area contributed by atoms with Crippen LogP contribution in [0.1, 0.15) is 13.3 Å². The predicted molar refractivity (Wildman–Crippen MR) is 86.3 cm³/mol. The molecule has 22 heavy (non-hydrogen) atoms. The summed E-state index contributed by atoms with van der Waals surface area (Å²) in [5.74, 6) is 0.234. The van der Waals surface area contributed by atoms with E-state index < -0.39 is 0 Å². The van der Waals surface area contributed by atoms with Crippen molar-refractivity contribution in [1.29, 1.82) is 5.26 Å². The number of aromatic nitrogens is 2. The number of nitrogens with one attached hydrogen (secondary N) is 1. The third-order valence-corrected chi connectivity index (χ3v) is 4.45. The maximum Gasteiger partial charge on any atom is 0.236 e. The second-order valence-corrected chi connectivity index (χ2v) is 6.51. The molecular weight excluding hydrogens is 346 g/mol. The first-order valence-corrected chi connectivity index (χ1v) is 7.92. The minimum atomic E-state index is -0.0936. The fourth-order valence-corrected chi connectivity index (χ4v) is 3.25. The number of halogens is 1. The molecule has 0 bridgehead atoms. The first-order chi connectivity index (χ1) is 10.6. The number of amides is 1. The van der Waals surface area contributed by atoms with Crippen molar-refractivity contribution < 1.29 is 4.79 Å². The molecule has 1 N–H and O–H groups in total. The highest BCUT2D eigenvalue weighted by molar-refractivity contribution is 9.10. The minimum absolute atomic E-state index is 0.0510. The number of hydrogen-bond acceptors (Lipinski definition) is 4. The van der Waals surface area contributed by atoms with E-state index in [1.165, 1.54) is 0 Å². The molecule has 2 aromatic heterocycles. The van der Waals surface area contributed by atoms with Gasteiger partial charge in [-0.25, -0.2) is 4.52 Å². The molecule has 0 aromatic carbocycles. The van der Waals surface area contributed by atoms with E-state index in [1.807, 2.05) is 28.9 Å². The molecule has 1 saturated heterocycles. The van der Waals surface area contributed by atoms with Crippen molar-refractivity contribution >= 4 is 33.0 Å². The molecule has 2 atom stereocenters. The molecule has 7 heteroatoms. The van der Waals surface area contributed by atoms with Crippen molar-refractivity contribution in [2.24, 2.45) is 5.92 Å². The van der Waals surface area contributed by atoms with Crippen molar-refractivity contribution in [1.82, 2.24) is 14.5 Å². The number of rotatable bonds is 3. The van der Waals surface area contributed by atoms with Crippen LogP contribution in [0.2, 0.25) is 0 Å². The van der Waals surface area contributed by atoms with Crippen LogP contribution >= 0.6 is 15.9 Å². The maximum absolute atomic E-state index is 11.9. The SMILES string of the molecule is C[C@H]1CN(C(=O)CC#N)C[C@H]1Nc1ccnn2cc(Br)cc12. The summed E-state index contributed by atoms with van der Waals surface area (Å²) in [7, 11) is 0. The van der Waals surface area contributed by atoms with Crippen LogP contribution in [0.4, 0.5) is 5.69 Å². The fourth-order valence-electron chi connectivity index (χ4n) is 2.84. The van der Waals surface area contributed by atoms with Gasteiger partial charge < -0.3 is 10.2 Å². The van der Waals surface area contributed by atoms with Crippen LogP contribution in [-0.4, -0.2) is 39.6 Å². The van der Waals surface area contributed by atoms with Crippen molar-refractivity contribution in [3.63, 3.8) is 0 Å². The Balaban J connectivity index is 1.78. The number of nitrogens with zero attached hydrogens (tertiary/aromatic N) is 4. The Morgan fingerprint density at radius 1 is 1.59 bits per heavy atom. The number of carbonyl (C=O) groups excluding carboxylic acids is 1. The van der Waals surface area contributed by atoms with Gasteiger partial charge in [0.05, 0.1) is 17.3 Å². The number of carbonyl (C=O) groups is 1. The summed E-state index contributed by atoms with van der Waals surface area (Å²) in [5, 5.41) is 16.4. The molecule has 0 aliphatic carbocycles. The number of likely N-dealkylation sites (tertiary alicyclic amines) is 1. The molecule has 3 rings (SSSR count). The first-order valence-electron chi connectivity index (χ1n) is 7.12. The lowest BCUT2D eigenvalue weighted by Crippen LogP contribution is -2.31. The van der Waals surface area contributed by atoms with E-state index in [1.54, 1.807) is 11.1 Å². The number of hydrogen-bond donors (Lipinski definition) is 1. The molecule has 0 unspecified atom stereocenters. The van der Waals surface area contributed by atoms with E-state index >= 15 is 0 Å². The van der Waals surface area contributed by atoms with E-state index in [0.717, 1.165) is 15.7 Å². The standard InChI is InChI=1S/C15H16BrN5O/c1-10-7-20(15(22)2-4-17)9-13(10)19-12-3-5-18-21-8-11(16)6-14(12)21/h3,5-6,8,10,13,19H,2,7,9H2,1H3/t10-,13+/m0/s1. The average Bonchev–Trinajstić information content (AvgIpc) is 3.03. The van der Waals surface area contributed by atoms with Crippen molar-refractivity contribution in [2.45, 2.75) is 19.4 Å². The second kappa shape index (κ2) is 5.97. The van der Waals surface area contributed by atoms with E-state index in [0.29, 0.717) is 19.0 Å². The van der Waals surface area contributed by atoms with E-state index in [4.69, 9.17) is 5.26 Å². The van der Waals surface area contributed by atoms with Crippen LogP contribution in [0.3, 0.4) is 0 Å². The Kier molecular flexibility index (Phi) is 4.03. The third-order valence-electron chi connectivity index (χ3n) is 4.01. The smallest absolute Gasteiger partial charge is 0.236 e. The normalized spacial score (nSPS) is 21.0. The fraction of sp³-hybridized carbons (Fsp3) is 0.400. The first kappa shape index (κ1) is 14.9. The van der Waals surface area contributed by atoms with Gasteiger partial charge in [-0.2, -0.15) is 10.4 Å². The van der Waals surface area contributed by atoms with E-state index in [9.17, 15) is 4.79 Å². The third kappa shape index (κ3) is 2.79. The summed E-state index contributed by atoms with van der Waals surface area (Å²) in [6.45, 7) is 3.42. The van der Waals surface area contributed by atoms with Crippen LogP contribution in [0.25, 0.3) is 5.52 Å². The second-order valence-electron chi connectivity index (χ2n) is 5.59. The highest BCUT2D eigenvalue weighted by atomic mass is 79.9. The summed E-state index contributed by atoms with van der Waals surface area (Å²) in [6, 6.07) is 6.04. The van der Waals surface area contributed by atoms with Gasteiger partial charge in [-0.05, 0) is 34.0 Å². The van der Waals surface area contributed by atoms with E-state index in [2.05, 4.69) is 33.3 Å². The van der Waals surface area contributed by atoms with Gasteiger partial charge in [-0.3, -0.25) is 4.79 Å². The maximum atomic E-state index is 11.9. The molecule has 1 fully saturated rings. The lowest BCUT2D eigenvalue weighted by molar-refractivity contribution is -0.129. The monoisotopic (exact) mass is 361 g/mol. The Bertz CT molecular complexity index is 750. The molecule has 6 nitrogen and oxygen atoms in total. The summed E-state index contributed by atoms with van der Waals surface area (Å²) >= 11 is 3.46. The van der Waals surface area contributed by atoms with Gasteiger partial charge in [0.2, 0.25) is 5.91 Å². The molecule has 3 heterocycles. The van der Waals surface area contributed by atoms with Gasteiger partial charge in [0.1, 0.15) is 6.42 Å². The Hall–Kier alpha value is -2.07. The Labute approximate surface area is 136 Å². The van der Waals surface area contributed by atoms with Gasteiger partial charge >= 0.3 is 0 Å². The van der Waals surface area contributed by atoms with Gasteiger partial charge in [0, 0.05) is 36.0 Å². The van der Waals surface area contributed by atoms with Crippen molar-refractivity contribution in [3.05, 3.63) is 29.0 Å². The van der Waals surface area contributed by atoms with Gasteiger partial charge in [-0.1, -0.05) is 6.92 Å². The van der Waals surface area contributed by atoms with Gasteiger partial charge in [0.25, 0.3) is 0 Å². The Morgan fingerprint density at radius 2 is 2.41 bits per heavy atom. The molecule has 114 valence electrons. The summed E-state index contributed by atoms with van der Waals surface area (Å²) in [4.78, 5) is 13.6. The zero-order valence-electron chi connectivity index (χ0n) is 12.2. The summed E-state index contributed by atoms with van der Waals surface area (Å²) < 4.78 is 2.78. The molecule has 0 spiro atoms. The zero-order valence-corrected chi connectivity index (χ0v) is 13.7. The number of anilines is 1. The molecule has 1 amide bonds. The zero-order chi connectivity index (χ0) is 15.7. The van der Waals surface area contributed by atoms with Crippen LogP contribution in [0.15, 0.2) is 29.0 Å². The highest BCUT2D eigenvalue weighted by Crippen LogP contribution is 2.26. The van der Waals surface area contributed by atoms with Crippen LogP contribution in [-0.2, 0) is 4.79 Å². The lowest BCUT2D eigenvalue weighted by Gasteiger charge is -2.18. The lowest BCUT2D eigenvalue weighted by atomic mass is 10.1. The van der Waals surface area contributed by atoms with Gasteiger partial charge in [-0.15, -0.1) is 0 Å². The van der Waals surface area contributed by atoms with Crippen molar-refractivity contribution in [3.8, 4) is 6.07 Å². The van der Waals surface area contributed by atoms with Crippen LogP contribution < -0.4 is 5.32 Å². The average molecular weight is 362 g/mol. The molecular formula is C15H16BrN5O. The predicted octanol–water partition coefficient (Wildman–Crippen LogP) is 2.27. The molecule has 1 aliphatic rings. The highest BCUT2D eigenvalue weighted by Gasteiger charge is 2.32. The van der Waals surface area contributed by atoms with E-state index in [-0.39, 0.29) is 18.4 Å². The Morgan fingerprint density at radius 3 is 3.18 bits per heavy atom. The van der Waals surface area contributed by atoms with Crippen molar-refractivity contribution in [2.75, 3.05) is 18.4 Å². The molecule has 0 radical (unpaired) electrons. The molecule has 2 aromatic rings. The topological polar surface area (TPSA) is 73.4 Å². The van der Waals surface area contributed by atoms with Crippen LogP contribution in [0, 0.1) is 17.2 Å². The van der Waals surface area contributed by atoms with Gasteiger partial charge in [0.15, 0.2) is 0 Å². The quantitative estimate of drug-likeness (QED) is 0.909. The molecule has 1 aliphatic heterocycles.